The molecule has 1 aromatic carbocycles. The normalized spacial score (nSPS) is 18.7. The summed E-state index contributed by atoms with van der Waals surface area (Å²) in [5.74, 6) is 0.00288. The van der Waals surface area contributed by atoms with Crippen LogP contribution in [-0.2, 0) is 11.8 Å². The summed E-state index contributed by atoms with van der Waals surface area (Å²) in [4.78, 5) is 31.0. The molecule has 2 aromatic heterocycles. The number of aromatic nitrogens is 2. The summed E-state index contributed by atoms with van der Waals surface area (Å²) in [6.07, 6.45) is 8.04. The molecule has 1 saturated carbocycles. The lowest BCUT2D eigenvalue weighted by Crippen LogP contribution is -2.46. The Hall–Kier alpha value is -3.15. The van der Waals surface area contributed by atoms with Gasteiger partial charge in [-0.1, -0.05) is 19.1 Å². The Kier molecular flexibility index (Phi) is 6.07. The lowest BCUT2D eigenvalue weighted by molar-refractivity contribution is -0.121. The van der Waals surface area contributed by atoms with Crippen LogP contribution < -0.4 is 5.32 Å². The number of amides is 2. The lowest BCUT2D eigenvalue weighted by Gasteiger charge is -2.35. The molecule has 2 heterocycles. The van der Waals surface area contributed by atoms with Crippen molar-refractivity contribution in [2.75, 3.05) is 7.05 Å². The lowest BCUT2D eigenvalue weighted by atomic mass is 9.90. The van der Waals surface area contributed by atoms with Crippen LogP contribution in [0.25, 0.3) is 22.0 Å². The van der Waals surface area contributed by atoms with Gasteiger partial charge < -0.3 is 14.8 Å². The smallest absolute Gasteiger partial charge is 0.272 e. The van der Waals surface area contributed by atoms with Crippen LogP contribution in [0.2, 0.25) is 0 Å². The van der Waals surface area contributed by atoms with Crippen molar-refractivity contribution in [3.63, 3.8) is 0 Å². The zero-order valence-electron chi connectivity index (χ0n) is 18.5. The van der Waals surface area contributed by atoms with Crippen LogP contribution in [-0.4, -0.2) is 45.4 Å². The summed E-state index contributed by atoms with van der Waals surface area (Å²) in [7, 11) is 3.88. The molecule has 4 rings (SSSR count). The van der Waals surface area contributed by atoms with E-state index in [2.05, 4.69) is 39.1 Å². The number of hydrogen-bond donors (Lipinski definition) is 1. The fourth-order valence-electron chi connectivity index (χ4n) is 4.48. The molecule has 31 heavy (non-hydrogen) atoms. The Morgan fingerprint density at radius 2 is 2.00 bits per heavy atom. The van der Waals surface area contributed by atoms with Gasteiger partial charge in [0.25, 0.3) is 5.91 Å². The molecule has 0 radical (unpaired) electrons. The van der Waals surface area contributed by atoms with E-state index in [0.717, 1.165) is 36.8 Å². The number of carbonyl (C=O) groups excluding carboxylic acids is 2. The molecule has 3 aromatic rings. The number of pyridine rings is 1. The largest absolute Gasteiger partial charge is 0.353 e. The monoisotopic (exact) mass is 420 g/mol. The third-order valence-corrected chi connectivity index (χ3v) is 6.40. The highest BCUT2D eigenvalue weighted by molar-refractivity contribution is 5.93. The molecule has 1 fully saturated rings. The van der Waals surface area contributed by atoms with Crippen molar-refractivity contribution in [1.82, 2.24) is 19.8 Å². The van der Waals surface area contributed by atoms with Gasteiger partial charge in [-0.25, -0.2) is 0 Å². The van der Waals surface area contributed by atoms with E-state index in [1.54, 1.807) is 11.1 Å². The molecule has 2 atom stereocenters. The molecule has 1 N–H and O–H groups in total. The van der Waals surface area contributed by atoms with E-state index in [4.69, 9.17) is 0 Å². The van der Waals surface area contributed by atoms with Gasteiger partial charge in [0.1, 0.15) is 5.69 Å². The number of benzene rings is 1. The number of fused-ring (bicyclic) bond motifs is 1. The van der Waals surface area contributed by atoms with Gasteiger partial charge in [-0.2, -0.15) is 0 Å². The Morgan fingerprint density at radius 1 is 1.19 bits per heavy atom. The standard InChI is InChI=1S/C25H30N4O2.H2/c1-4-24(30)27-20-6-5-7-21(15-20)29(3)25(31)22-10-8-19(16-26-22)17-9-11-23-18(14-17)12-13-28(23)2;/h8-14,16,20-21H,4-7,15H2,1-3H3,(H,27,30);1H/t20-,21+;/m0./s1. The van der Waals surface area contributed by atoms with E-state index in [9.17, 15) is 9.59 Å². The first-order valence-corrected chi connectivity index (χ1v) is 11.0. The second-order valence-corrected chi connectivity index (χ2v) is 8.49. The van der Waals surface area contributed by atoms with Gasteiger partial charge in [0.2, 0.25) is 5.91 Å². The number of aryl methyl sites for hydroxylation is 1. The quantitative estimate of drug-likeness (QED) is 0.665. The summed E-state index contributed by atoms with van der Waals surface area (Å²) in [5.41, 5.74) is 3.71. The molecular formula is C25H32N4O2. The minimum Gasteiger partial charge on any atom is -0.353 e. The summed E-state index contributed by atoms with van der Waals surface area (Å²) in [6, 6.07) is 12.5. The average molecular weight is 421 g/mol. The maximum Gasteiger partial charge on any atom is 0.272 e. The van der Waals surface area contributed by atoms with Crippen LogP contribution >= 0.6 is 0 Å². The number of nitrogens with zero attached hydrogens (tertiary/aromatic N) is 3. The molecular weight excluding hydrogens is 388 g/mol. The van der Waals surface area contributed by atoms with Crippen LogP contribution in [0.5, 0.6) is 0 Å². The first-order valence-electron chi connectivity index (χ1n) is 11.0. The van der Waals surface area contributed by atoms with E-state index in [1.165, 1.54) is 10.9 Å². The molecule has 6 heteroatoms. The molecule has 0 aliphatic heterocycles. The van der Waals surface area contributed by atoms with Gasteiger partial charge >= 0.3 is 0 Å². The third kappa shape index (κ3) is 4.48. The van der Waals surface area contributed by atoms with E-state index in [-0.39, 0.29) is 25.3 Å². The van der Waals surface area contributed by atoms with E-state index >= 15 is 0 Å². The van der Waals surface area contributed by atoms with Crippen molar-refractivity contribution in [2.45, 2.75) is 51.1 Å². The highest BCUT2D eigenvalue weighted by Crippen LogP contribution is 2.26. The van der Waals surface area contributed by atoms with Crippen molar-refractivity contribution < 1.29 is 11.0 Å². The summed E-state index contributed by atoms with van der Waals surface area (Å²) in [5, 5.41) is 4.26. The van der Waals surface area contributed by atoms with Crippen molar-refractivity contribution in [2.24, 2.45) is 7.05 Å². The fraction of sp³-hybridized carbons (Fsp3) is 0.400. The van der Waals surface area contributed by atoms with Gasteiger partial charge in [0.15, 0.2) is 0 Å². The minimum atomic E-state index is -0.0717. The molecule has 6 nitrogen and oxygen atoms in total. The van der Waals surface area contributed by atoms with E-state index in [1.807, 2.05) is 39.3 Å². The van der Waals surface area contributed by atoms with Gasteiger partial charge in [0, 0.05) is 62.9 Å². The third-order valence-electron chi connectivity index (χ3n) is 6.40. The van der Waals surface area contributed by atoms with E-state index in [0.29, 0.717) is 12.1 Å². The maximum atomic E-state index is 13.0. The number of nitrogens with one attached hydrogen (secondary N) is 1. The maximum absolute atomic E-state index is 13.0. The highest BCUT2D eigenvalue weighted by Gasteiger charge is 2.29. The van der Waals surface area contributed by atoms with Crippen molar-refractivity contribution >= 4 is 22.7 Å². The summed E-state index contributed by atoms with van der Waals surface area (Å²) >= 11 is 0. The van der Waals surface area contributed by atoms with Crippen LogP contribution in [0, 0.1) is 0 Å². The minimum absolute atomic E-state index is 0. The Labute approximate surface area is 184 Å². The van der Waals surface area contributed by atoms with Crippen molar-refractivity contribution in [3.05, 3.63) is 54.5 Å². The van der Waals surface area contributed by atoms with Gasteiger partial charge in [-0.05, 0) is 55.5 Å². The van der Waals surface area contributed by atoms with Gasteiger partial charge in [-0.15, -0.1) is 0 Å². The Balaban J connectivity index is 0.00000289. The molecule has 1 aliphatic carbocycles. The average Bonchev–Trinajstić information content (AvgIpc) is 3.18. The predicted molar refractivity (Wildman–Crippen MR) is 125 cm³/mol. The second-order valence-electron chi connectivity index (χ2n) is 8.49. The predicted octanol–water partition coefficient (Wildman–Crippen LogP) is 4.40. The number of hydrogen-bond acceptors (Lipinski definition) is 3. The first kappa shape index (κ1) is 21.1. The topological polar surface area (TPSA) is 67.2 Å². The fourth-order valence-corrected chi connectivity index (χ4v) is 4.48. The van der Waals surface area contributed by atoms with Gasteiger partial charge in [-0.3, -0.25) is 14.6 Å². The zero-order valence-corrected chi connectivity index (χ0v) is 18.5. The molecule has 2 amide bonds. The Morgan fingerprint density at radius 3 is 2.74 bits per heavy atom. The molecule has 0 unspecified atom stereocenters. The Bertz CT molecular complexity index is 1090. The zero-order chi connectivity index (χ0) is 22.0. The summed E-state index contributed by atoms with van der Waals surface area (Å²) < 4.78 is 2.10. The van der Waals surface area contributed by atoms with Crippen LogP contribution in [0.3, 0.4) is 0 Å². The number of rotatable bonds is 5. The molecule has 0 saturated heterocycles. The highest BCUT2D eigenvalue weighted by atomic mass is 16.2. The molecule has 0 bridgehead atoms. The van der Waals surface area contributed by atoms with Crippen molar-refractivity contribution in [1.29, 1.82) is 0 Å². The van der Waals surface area contributed by atoms with Crippen LogP contribution in [0.1, 0.15) is 50.9 Å². The first-order chi connectivity index (χ1) is 15.0. The van der Waals surface area contributed by atoms with Gasteiger partial charge in [0.05, 0.1) is 0 Å². The summed E-state index contributed by atoms with van der Waals surface area (Å²) in [6.45, 7) is 1.86. The van der Waals surface area contributed by atoms with Crippen molar-refractivity contribution in [3.8, 4) is 11.1 Å². The SMILES string of the molecule is CCC(=O)N[C@H]1CCC[C@@H](N(C)C(=O)c2ccc(-c3ccc4c(ccn4C)c3)cn2)C1.[HH]. The molecule has 164 valence electrons. The van der Waals surface area contributed by atoms with Crippen LogP contribution in [0.15, 0.2) is 48.8 Å². The molecule has 1 aliphatic rings. The molecule has 0 spiro atoms. The van der Waals surface area contributed by atoms with E-state index < -0.39 is 0 Å². The second kappa shape index (κ2) is 8.92. The van der Waals surface area contributed by atoms with Crippen LogP contribution in [0.4, 0.5) is 0 Å². The number of carbonyl (C=O) groups is 2.